The zero-order valence-electron chi connectivity index (χ0n) is 11.6. The number of aromatic nitrogens is 2. The molecule has 5 nitrogen and oxygen atoms in total. The number of imidazole rings is 1. The van der Waals surface area contributed by atoms with Crippen LogP contribution < -0.4 is 10.1 Å². The molecule has 2 heterocycles. The maximum absolute atomic E-state index is 5.46. The highest BCUT2D eigenvalue weighted by Crippen LogP contribution is 2.22. The van der Waals surface area contributed by atoms with Gasteiger partial charge in [0.1, 0.15) is 11.6 Å². The van der Waals surface area contributed by atoms with Crippen LogP contribution in [-0.2, 0) is 4.74 Å². The molecule has 5 heteroatoms. The van der Waals surface area contributed by atoms with E-state index in [0.29, 0.717) is 13.2 Å². The van der Waals surface area contributed by atoms with Gasteiger partial charge in [-0.2, -0.15) is 0 Å². The topological polar surface area (TPSA) is 59.2 Å². The zero-order chi connectivity index (χ0) is 13.8. The molecule has 0 bridgehead atoms. The van der Waals surface area contributed by atoms with Crippen LogP contribution in [0, 0.1) is 0 Å². The Labute approximate surface area is 118 Å². The Bertz CT molecular complexity index is 545. The smallest absolute Gasteiger partial charge is 0.126 e. The van der Waals surface area contributed by atoms with Gasteiger partial charge >= 0.3 is 0 Å². The van der Waals surface area contributed by atoms with E-state index in [-0.39, 0.29) is 6.04 Å². The second kappa shape index (κ2) is 6.07. The summed E-state index contributed by atoms with van der Waals surface area (Å²) in [6.07, 6.45) is 1.86. The lowest BCUT2D eigenvalue weighted by molar-refractivity contribution is 0.0745. The van der Waals surface area contributed by atoms with Crippen molar-refractivity contribution in [3.05, 3.63) is 36.3 Å². The van der Waals surface area contributed by atoms with Crippen molar-refractivity contribution in [3.8, 4) is 17.0 Å². The van der Waals surface area contributed by atoms with E-state index in [1.165, 1.54) is 0 Å². The van der Waals surface area contributed by atoms with E-state index in [0.717, 1.165) is 36.0 Å². The second-order valence-electron chi connectivity index (χ2n) is 4.72. The molecular formula is C15H19N3O2. The highest BCUT2D eigenvalue weighted by Gasteiger charge is 2.18. The van der Waals surface area contributed by atoms with Crippen molar-refractivity contribution in [2.24, 2.45) is 0 Å². The molecule has 20 heavy (non-hydrogen) atoms. The van der Waals surface area contributed by atoms with E-state index < -0.39 is 0 Å². The summed E-state index contributed by atoms with van der Waals surface area (Å²) >= 11 is 0. The van der Waals surface area contributed by atoms with E-state index in [2.05, 4.69) is 15.3 Å². The van der Waals surface area contributed by atoms with Crippen molar-refractivity contribution in [2.75, 3.05) is 26.4 Å². The average Bonchev–Trinajstić information content (AvgIpc) is 2.99. The van der Waals surface area contributed by atoms with Crippen LogP contribution in [0.1, 0.15) is 18.8 Å². The Morgan fingerprint density at radius 3 is 2.90 bits per heavy atom. The van der Waals surface area contributed by atoms with Crippen molar-refractivity contribution < 1.29 is 9.47 Å². The average molecular weight is 273 g/mol. The van der Waals surface area contributed by atoms with Gasteiger partial charge in [0.05, 0.1) is 37.8 Å². The van der Waals surface area contributed by atoms with E-state index in [1.54, 1.807) is 0 Å². The van der Waals surface area contributed by atoms with Crippen LogP contribution in [0.25, 0.3) is 11.3 Å². The third-order valence-electron chi connectivity index (χ3n) is 3.32. The lowest BCUT2D eigenvalue weighted by Gasteiger charge is -2.21. The molecule has 0 saturated carbocycles. The fourth-order valence-electron chi connectivity index (χ4n) is 2.30. The molecular weight excluding hydrogens is 254 g/mol. The summed E-state index contributed by atoms with van der Waals surface area (Å²) in [6, 6.07) is 8.17. The lowest BCUT2D eigenvalue weighted by atomic mass is 10.1. The molecule has 1 aliphatic rings. The number of morpholine rings is 1. The minimum atomic E-state index is 0.153. The maximum atomic E-state index is 5.46. The number of rotatable bonds is 4. The number of nitrogens with zero attached hydrogens (tertiary/aromatic N) is 1. The number of nitrogens with one attached hydrogen (secondary N) is 2. The van der Waals surface area contributed by atoms with Gasteiger partial charge in [0, 0.05) is 6.54 Å². The normalized spacial score (nSPS) is 18.9. The highest BCUT2D eigenvalue weighted by molar-refractivity contribution is 5.59. The van der Waals surface area contributed by atoms with Crippen molar-refractivity contribution >= 4 is 0 Å². The first-order chi connectivity index (χ1) is 9.86. The fourth-order valence-corrected chi connectivity index (χ4v) is 2.30. The number of aromatic amines is 1. The molecule has 1 aromatic heterocycles. The molecule has 2 aromatic rings. The number of hydrogen-bond acceptors (Lipinski definition) is 4. The molecule has 1 aromatic carbocycles. The van der Waals surface area contributed by atoms with Gasteiger partial charge in [-0.1, -0.05) is 0 Å². The molecule has 2 N–H and O–H groups in total. The summed E-state index contributed by atoms with van der Waals surface area (Å²) in [4.78, 5) is 7.80. The minimum absolute atomic E-state index is 0.153. The molecule has 3 rings (SSSR count). The van der Waals surface area contributed by atoms with Gasteiger partial charge in [0.25, 0.3) is 0 Å². The van der Waals surface area contributed by atoms with Crippen LogP contribution in [0.15, 0.2) is 30.5 Å². The molecule has 0 aliphatic carbocycles. The number of benzene rings is 1. The molecule has 1 saturated heterocycles. The van der Waals surface area contributed by atoms with Gasteiger partial charge in [0.15, 0.2) is 0 Å². The van der Waals surface area contributed by atoms with Crippen LogP contribution in [0.3, 0.4) is 0 Å². The maximum Gasteiger partial charge on any atom is 0.126 e. The standard InChI is InChI=1S/C15H19N3O2/c1-2-20-12-5-3-11(4-6-12)13-9-17-15(18-13)14-10-19-8-7-16-14/h3-6,9,14,16H,2,7-8,10H2,1H3,(H,17,18). The molecule has 0 spiro atoms. The Morgan fingerprint density at radius 2 is 2.20 bits per heavy atom. The number of ether oxygens (including phenoxy) is 2. The molecule has 1 atom stereocenters. The van der Waals surface area contributed by atoms with Crippen molar-refractivity contribution in [3.63, 3.8) is 0 Å². The summed E-state index contributed by atoms with van der Waals surface area (Å²) < 4.78 is 10.9. The quantitative estimate of drug-likeness (QED) is 0.896. The van der Waals surface area contributed by atoms with Gasteiger partial charge in [-0.15, -0.1) is 0 Å². The molecule has 0 amide bonds. The van der Waals surface area contributed by atoms with Crippen LogP contribution in [-0.4, -0.2) is 36.3 Å². The van der Waals surface area contributed by atoms with E-state index in [1.807, 2.05) is 37.4 Å². The van der Waals surface area contributed by atoms with Gasteiger partial charge < -0.3 is 19.8 Å². The van der Waals surface area contributed by atoms with E-state index in [4.69, 9.17) is 9.47 Å². The third-order valence-corrected chi connectivity index (χ3v) is 3.32. The molecule has 1 aliphatic heterocycles. The molecule has 0 radical (unpaired) electrons. The first-order valence-corrected chi connectivity index (χ1v) is 6.96. The lowest BCUT2D eigenvalue weighted by Crippen LogP contribution is -2.35. The highest BCUT2D eigenvalue weighted by atomic mass is 16.5. The van der Waals surface area contributed by atoms with Crippen molar-refractivity contribution in [1.82, 2.24) is 15.3 Å². The van der Waals surface area contributed by atoms with Crippen LogP contribution in [0.4, 0.5) is 0 Å². The SMILES string of the molecule is CCOc1ccc(-c2cnc(C3COCCN3)[nH]2)cc1. The van der Waals surface area contributed by atoms with Crippen LogP contribution in [0.5, 0.6) is 5.75 Å². The summed E-state index contributed by atoms with van der Waals surface area (Å²) in [7, 11) is 0. The second-order valence-corrected chi connectivity index (χ2v) is 4.72. The Morgan fingerprint density at radius 1 is 1.35 bits per heavy atom. The first kappa shape index (κ1) is 13.1. The van der Waals surface area contributed by atoms with E-state index in [9.17, 15) is 0 Å². The van der Waals surface area contributed by atoms with Crippen LogP contribution in [0.2, 0.25) is 0 Å². The summed E-state index contributed by atoms with van der Waals surface area (Å²) in [5.41, 5.74) is 2.11. The minimum Gasteiger partial charge on any atom is -0.494 e. The van der Waals surface area contributed by atoms with Crippen molar-refractivity contribution in [2.45, 2.75) is 13.0 Å². The predicted octanol–water partition coefficient (Wildman–Crippen LogP) is 2.14. The Kier molecular flexibility index (Phi) is 3.99. The predicted molar refractivity (Wildman–Crippen MR) is 76.8 cm³/mol. The van der Waals surface area contributed by atoms with Crippen LogP contribution >= 0.6 is 0 Å². The molecule has 1 unspecified atom stereocenters. The Hall–Kier alpha value is -1.85. The monoisotopic (exact) mass is 273 g/mol. The summed E-state index contributed by atoms with van der Waals surface area (Å²) in [6.45, 7) is 4.96. The van der Waals surface area contributed by atoms with Gasteiger partial charge in [-0.05, 0) is 36.8 Å². The largest absolute Gasteiger partial charge is 0.494 e. The molecule has 106 valence electrons. The zero-order valence-corrected chi connectivity index (χ0v) is 11.6. The van der Waals surface area contributed by atoms with E-state index >= 15 is 0 Å². The Balaban J connectivity index is 1.75. The van der Waals surface area contributed by atoms with Gasteiger partial charge in [0.2, 0.25) is 0 Å². The van der Waals surface area contributed by atoms with Gasteiger partial charge in [-0.3, -0.25) is 0 Å². The first-order valence-electron chi connectivity index (χ1n) is 6.96. The third kappa shape index (κ3) is 2.84. The summed E-state index contributed by atoms with van der Waals surface area (Å²) in [5.74, 6) is 1.81. The van der Waals surface area contributed by atoms with Crippen molar-refractivity contribution in [1.29, 1.82) is 0 Å². The van der Waals surface area contributed by atoms with Gasteiger partial charge in [-0.25, -0.2) is 4.98 Å². The fraction of sp³-hybridized carbons (Fsp3) is 0.400. The molecule has 1 fully saturated rings. The summed E-state index contributed by atoms with van der Waals surface area (Å²) in [5, 5.41) is 3.39. The number of hydrogen-bond donors (Lipinski definition) is 2. The number of H-pyrrole nitrogens is 1.